The minimum atomic E-state index is -3.67. The molecule has 1 amide bonds. The van der Waals surface area contributed by atoms with Crippen LogP contribution in [-0.4, -0.2) is 65.6 Å². The normalized spacial score (nSPS) is 15.1. The predicted molar refractivity (Wildman–Crippen MR) is 130 cm³/mol. The molecule has 9 nitrogen and oxygen atoms in total. The van der Waals surface area contributed by atoms with Crippen LogP contribution in [0.15, 0.2) is 53.7 Å². The van der Waals surface area contributed by atoms with E-state index in [1.54, 1.807) is 57.4 Å². The highest BCUT2D eigenvalue weighted by Crippen LogP contribution is 2.21. The number of piperazine rings is 1. The van der Waals surface area contributed by atoms with Crippen LogP contribution in [0.1, 0.15) is 26.3 Å². The lowest BCUT2D eigenvalue weighted by Gasteiger charge is -2.35. The third-order valence-electron chi connectivity index (χ3n) is 4.84. The lowest BCUT2D eigenvalue weighted by Crippen LogP contribution is -2.51. The number of nitrogens with one attached hydrogen (secondary N) is 2. The van der Waals surface area contributed by atoms with Gasteiger partial charge in [-0.05, 0) is 75.0 Å². The van der Waals surface area contributed by atoms with E-state index in [9.17, 15) is 13.2 Å². The molecular formula is C22H29N5O4S2. The zero-order valence-electron chi connectivity index (χ0n) is 18.9. The first kappa shape index (κ1) is 24.9. The van der Waals surface area contributed by atoms with Crippen molar-refractivity contribution in [3.63, 3.8) is 0 Å². The summed E-state index contributed by atoms with van der Waals surface area (Å²) in [6.07, 6.45) is 3.00. The van der Waals surface area contributed by atoms with Gasteiger partial charge in [-0.25, -0.2) is 13.2 Å². The van der Waals surface area contributed by atoms with Gasteiger partial charge in [-0.15, -0.1) is 0 Å². The molecule has 0 radical (unpaired) electrons. The molecule has 1 aromatic heterocycles. The van der Waals surface area contributed by atoms with E-state index in [2.05, 4.69) is 15.6 Å². The van der Waals surface area contributed by atoms with E-state index < -0.39 is 21.7 Å². The van der Waals surface area contributed by atoms with Gasteiger partial charge < -0.3 is 20.3 Å². The molecule has 2 N–H and O–H groups in total. The van der Waals surface area contributed by atoms with Gasteiger partial charge in [0, 0.05) is 50.8 Å². The van der Waals surface area contributed by atoms with Crippen molar-refractivity contribution in [3.05, 3.63) is 54.4 Å². The molecule has 0 unspecified atom stereocenters. The van der Waals surface area contributed by atoms with E-state index in [1.165, 1.54) is 9.21 Å². The highest BCUT2D eigenvalue weighted by atomic mass is 32.2. The van der Waals surface area contributed by atoms with E-state index >= 15 is 0 Å². The molecule has 1 fully saturated rings. The summed E-state index contributed by atoms with van der Waals surface area (Å²) >= 11 is 5.30. The van der Waals surface area contributed by atoms with Gasteiger partial charge in [0.15, 0.2) is 5.11 Å². The maximum atomic E-state index is 13.0. The van der Waals surface area contributed by atoms with E-state index in [4.69, 9.17) is 17.0 Å². The molecule has 3 rings (SSSR count). The zero-order chi connectivity index (χ0) is 24.1. The van der Waals surface area contributed by atoms with Gasteiger partial charge in [-0.3, -0.25) is 4.98 Å². The van der Waals surface area contributed by atoms with Gasteiger partial charge >= 0.3 is 6.09 Å². The summed E-state index contributed by atoms with van der Waals surface area (Å²) in [7, 11) is -3.67. The maximum absolute atomic E-state index is 13.0. The Morgan fingerprint density at radius 3 is 2.24 bits per heavy atom. The summed E-state index contributed by atoms with van der Waals surface area (Å²) in [4.78, 5) is 17.9. The number of pyridine rings is 1. The molecule has 2 aromatic rings. The number of hydrogen-bond acceptors (Lipinski definition) is 6. The summed E-state index contributed by atoms with van der Waals surface area (Å²) in [6.45, 7) is 6.94. The first-order valence-corrected chi connectivity index (χ1v) is 12.4. The Labute approximate surface area is 200 Å². The van der Waals surface area contributed by atoms with Crippen molar-refractivity contribution < 1.29 is 17.9 Å². The number of nitrogens with zero attached hydrogens (tertiary/aromatic N) is 3. The number of carbonyl (C=O) groups excluding carboxylic acids is 1. The number of benzene rings is 1. The quantitative estimate of drug-likeness (QED) is 0.616. The van der Waals surface area contributed by atoms with Gasteiger partial charge in [0.1, 0.15) is 5.60 Å². The second-order valence-corrected chi connectivity index (χ2v) is 10.9. The first-order valence-electron chi connectivity index (χ1n) is 10.6. The van der Waals surface area contributed by atoms with Crippen molar-refractivity contribution >= 4 is 39.1 Å². The third kappa shape index (κ3) is 7.11. The van der Waals surface area contributed by atoms with Crippen LogP contribution >= 0.6 is 12.2 Å². The van der Waals surface area contributed by atoms with Crippen LogP contribution in [0, 0.1) is 0 Å². The SMILES string of the molecule is CC(C)(C)OC(=O)N1CCN(S(=O)(=O)c2ccc(NC(=S)NCc3ccncc3)cc2)CC1. The number of ether oxygens (including phenoxy) is 1. The number of anilines is 1. The van der Waals surface area contributed by atoms with Crippen LogP contribution in [0.25, 0.3) is 0 Å². The van der Waals surface area contributed by atoms with Crippen molar-refractivity contribution in [1.82, 2.24) is 19.5 Å². The fourth-order valence-electron chi connectivity index (χ4n) is 3.16. The zero-order valence-corrected chi connectivity index (χ0v) is 20.6. The van der Waals surface area contributed by atoms with Crippen molar-refractivity contribution in [2.45, 2.75) is 37.8 Å². The number of sulfonamides is 1. The van der Waals surface area contributed by atoms with Crippen molar-refractivity contribution in [2.24, 2.45) is 0 Å². The number of hydrogen-bond donors (Lipinski definition) is 2. The number of aromatic nitrogens is 1. The maximum Gasteiger partial charge on any atom is 0.410 e. The molecule has 2 heterocycles. The van der Waals surface area contributed by atoms with Crippen LogP contribution < -0.4 is 10.6 Å². The van der Waals surface area contributed by atoms with E-state index in [0.29, 0.717) is 17.3 Å². The van der Waals surface area contributed by atoms with Crippen molar-refractivity contribution in [3.8, 4) is 0 Å². The molecule has 178 valence electrons. The number of thiocarbonyl (C=S) groups is 1. The molecule has 1 aliphatic rings. The molecular weight excluding hydrogens is 462 g/mol. The Balaban J connectivity index is 1.53. The molecule has 33 heavy (non-hydrogen) atoms. The Hall–Kier alpha value is -2.76. The van der Waals surface area contributed by atoms with Gasteiger partial charge in [-0.1, -0.05) is 0 Å². The third-order valence-corrected chi connectivity index (χ3v) is 7.00. The minimum absolute atomic E-state index is 0.189. The molecule has 1 saturated heterocycles. The average molecular weight is 492 g/mol. The number of amides is 1. The highest BCUT2D eigenvalue weighted by Gasteiger charge is 2.31. The van der Waals surface area contributed by atoms with Crippen molar-refractivity contribution in [1.29, 1.82) is 0 Å². The molecule has 0 spiro atoms. The van der Waals surface area contributed by atoms with Crippen molar-refractivity contribution in [2.75, 3.05) is 31.5 Å². The summed E-state index contributed by atoms with van der Waals surface area (Å²) in [5.41, 5.74) is 1.13. The van der Waals surface area contributed by atoms with Gasteiger partial charge in [0.05, 0.1) is 4.90 Å². The molecule has 0 aliphatic carbocycles. The molecule has 0 atom stereocenters. The molecule has 0 saturated carbocycles. The summed E-state index contributed by atoms with van der Waals surface area (Å²) < 4.78 is 32.8. The second kappa shape index (κ2) is 10.4. The monoisotopic (exact) mass is 491 g/mol. The Kier molecular flexibility index (Phi) is 7.88. The summed E-state index contributed by atoms with van der Waals surface area (Å²) in [6, 6.07) is 10.2. The van der Waals surface area contributed by atoms with E-state index in [0.717, 1.165) is 5.56 Å². The lowest BCUT2D eigenvalue weighted by molar-refractivity contribution is 0.0192. The average Bonchev–Trinajstić information content (AvgIpc) is 2.78. The standard InChI is InChI=1S/C22H29N5O4S2/c1-22(2,3)31-21(28)26-12-14-27(15-13-26)33(29,30)19-6-4-18(5-7-19)25-20(32)24-16-17-8-10-23-11-9-17/h4-11H,12-16H2,1-3H3,(H2,24,25,32). The van der Waals surface area contributed by atoms with Crippen LogP contribution in [0.4, 0.5) is 10.5 Å². The Morgan fingerprint density at radius 1 is 1.06 bits per heavy atom. The van der Waals surface area contributed by atoms with Gasteiger partial charge in [0.25, 0.3) is 0 Å². The van der Waals surface area contributed by atoms with Gasteiger partial charge in [-0.2, -0.15) is 4.31 Å². The molecule has 11 heteroatoms. The van der Waals surface area contributed by atoms with Crippen LogP contribution in [-0.2, 0) is 21.3 Å². The van der Waals surface area contributed by atoms with Crippen LogP contribution in [0.5, 0.6) is 0 Å². The second-order valence-electron chi connectivity index (χ2n) is 8.56. The highest BCUT2D eigenvalue weighted by molar-refractivity contribution is 7.89. The Morgan fingerprint density at radius 2 is 1.67 bits per heavy atom. The largest absolute Gasteiger partial charge is 0.444 e. The first-order chi connectivity index (χ1) is 15.5. The topological polar surface area (TPSA) is 104 Å². The van der Waals surface area contributed by atoms with E-state index in [1.807, 2.05) is 12.1 Å². The Bertz CT molecular complexity index is 1060. The molecule has 1 aliphatic heterocycles. The summed E-state index contributed by atoms with van der Waals surface area (Å²) in [5, 5.41) is 6.57. The molecule has 1 aromatic carbocycles. The molecule has 0 bridgehead atoms. The van der Waals surface area contributed by atoms with Gasteiger partial charge in [0.2, 0.25) is 10.0 Å². The fraction of sp³-hybridized carbons (Fsp3) is 0.409. The summed E-state index contributed by atoms with van der Waals surface area (Å²) in [5.74, 6) is 0. The smallest absolute Gasteiger partial charge is 0.410 e. The number of carbonyl (C=O) groups is 1. The lowest BCUT2D eigenvalue weighted by atomic mass is 10.2. The number of rotatable bonds is 5. The van der Waals surface area contributed by atoms with Crippen LogP contribution in [0.3, 0.4) is 0 Å². The fourth-order valence-corrected chi connectivity index (χ4v) is 4.77. The van der Waals surface area contributed by atoms with Crippen LogP contribution in [0.2, 0.25) is 0 Å². The van der Waals surface area contributed by atoms with E-state index in [-0.39, 0.29) is 31.1 Å². The minimum Gasteiger partial charge on any atom is -0.444 e. The predicted octanol–water partition coefficient (Wildman–Crippen LogP) is 2.81.